The number of amidine groups is 1. The molecule has 0 fully saturated rings. The molecule has 8 heteroatoms. The largest absolute Gasteiger partial charge is 0.370 e. The lowest BCUT2D eigenvalue weighted by Crippen LogP contribution is -2.23. The van der Waals surface area contributed by atoms with Crippen molar-refractivity contribution in [1.82, 2.24) is 9.55 Å². The first-order chi connectivity index (χ1) is 7.00. The molecule has 0 unspecified atom stereocenters. The average Bonchev–Trinajstić information content (AvgIpc) is 2.44. The molecule has 0 aliphatic heterocycles. The van der Waals surface area contributed by atoms with Crippen LogP contribution in [-0.4, -0.2) is 20.7 Å². The second kappa shape index (κ2) is 5.04. The highest BCUT2D eigenvalue weighted by atomic mass is 35.5. The normalized spacial score (nSPS) is 10.0. The van der Waals surface area contributed by atoms with Gasteiger partial charge in [0.05, 0.1) is 11.9 Å². The molecular weight excluding hydrogens is 236 g/mol. The highest BCUT2D eigenvalue weighted by Gasteiger charge is 2.05. The number of thioether (sulfide) groups is 1. The van der Waals surface area contributed by atoms with Crippen LogP contribution in [0.4, 0.5) is 0 Å². The zero-order valence-corrected chi connectivity index (χ0v) is 9.64. The number of halogens is 1. The molecule has 0 bridgehead atoms. The van der Waals surface area contributed by atoms with Crippen molar-refractivity contribution >= 4 is 34.5 Å². The number of imidazole rings is 1. The molecule has 0 saturated carbocycles. The predicted molar refractivity (Wildman–Crippen MR) is 63.0 cm³/mol. The first-order valence-corrected chi connectivity index (χ1v) is 5.34. The van der Waals surface area contributed by atoms with Crippen molar-refractivity contribution in [1.29, 1.82) is 5.41 Å². The zero-order chi connectivity index (χ0) is 11.4. The number of aromatic nitrogens is 2. The molecule has 1 heterocycles. The lowest BCUT2D eigenvalue weighted by Gasteiger charge is -2.01. The maximum atomic E-state index is 7.39. The molecule has 1 aromatic heterocycles. The van der Waals surface area contributed by atoms with Crippen LogP contribution in [0.2, 0.25) is 5.15 Å². The highest BCUT2D eigenvalue weighted by Crippen LogP contribution is 2.15. The van der Waals surface area contributed by atoms with Crippen molar-refractivity contribution in [3.05, 3.63) is 17.2 Å². The summed E-state index contributed by atoms with van der Waals surface area (Å²) in [6.07, 6.45) is 1.56. The van der Waals surface area contributed by atoms with Crippen molar-refractivity contribution in [3.8, 4) is 0 Å². The fourth-order valence-corrected chi connectivity index (χ4v) is 1.69. The van der Waals surface area contributed by atoms with Gasteiger partial charge in [-0.05, 0) is 0 Å². The van der Waals surface area contributed by atoms with Crippen molar-refractivity contribution in [2.24, 2.45) is 23.5 Å². The van der Waals surface area contributed by atoms with Gasteiger partial charge in [0, 0.05) is 7.05 Å². The van der Waals surface area contributed by atoms with E-state index in [4.69, 9.17) is 28.5 Å². The third-order valence-corrected chi connectivity index (χ3v) is 2.71. The summed E-state index contributed by atoms with van der Waals surface area (Å²) < 4.78 is 1.73. The summed E-state index contributed by atoms with van der Waals surface area (Å²) in [5.74, 6) is 1.14. The Morgan fingerprint density at radius 1 is 1.73 bits per heavy atom. The zero-order valence-electron chi connectivity index (χ0n) is 8.07. The summed E-state index contributed by atoms with van der Waals surface area (Å²) in [7, 11) is 1.80. The Balaban J connectivity index is 2.55. The summed E-state index contributed by atoms with van der Waals surface area (Å²) in [6.45, 7) is 0. The van der Waals surface area contributed by atoms with Gasteiger partial charge in [-0.25, -0.2) is 4.98 Å². The molecule has 5 N–H and O–H groups in total. The number of nitrogens with one attached hydrogen (secondary N) is 1. The van der Waals surface area contributed by atoms with E-state index in [0.717, 1.165) is 5.82 Å². The van der Waals surface area contributed by atoms with Crippen LogP contribution >= 0.6 is 23.4 Å². The molecule has 82 valence electrons. The Hall–Kier alpha value is -1.21. The van der Waals surface area contributed by atoms with Crippen LogP contribution in [0.3, 0.4) is 0 Å². The summed E-state index contributed by atoms with van der Waals surface area (Å²) in [5.41, 5.74) is 10.3. The predicted octanol–water partition coefficient (Wildman–Crippen LogP) is 0.515. The van der Waals surface area contributed by atoms with Gasteiger partial charge in [-0.1, -0.05) is 23.4 Å². The fourth-order valence-electron chi connectivity index (χ4n) is 0.841. The molecule has 0 aliphatic carbocycles. The minimum Gasteiger partial charge on any atom is -0.370 e. The van der Waals surface area contributed by atoms with Crippen molar-refractivity contribution in [2.45, 2.75) is 5.75 Å². The molecule has 0 spiro atoms. The topological polar surface area (TPSA) is 106 Å². The van der Waals surface area contributed by atoms with Gasteiger partial charge in [0.25, 0.3) is 0 Å². The Bertz CT molecular complexity index is 394. The van der Waals surface area contributed by atoms with Crippen molar-refractivity contribution in [2.75, 3.05) is 0 Å². The number of nitrogens with two attached hydrogens (primary N) is 2. The van der Waals surface area contributed by atoms with Gasteiger partial charge in [0.1, 0.15) is 11.0 Å². The van der Waals surface area contributed by atoms with E-state index in [9.17, 15) is 0 Å². The fraction of sp³-hybridized carbons (Fsp3) is 0.286. The van der Waals surface area contributed by atoms with Crippen LogP contribution in [0.15, 0.2) is 11.2 Å². The minimum atomic E-state index is -0.120. The van der Waals surface area contributed by atoms with E-state index < -0.39 is 0 Å². The number of hydrogen-bond donors (Lipinski definition) is 3. The Morgan fingerprint density at radius 2 is 2.40 bits per heavy atom. The maximum Gasteiger partial charge on any atom is 0.193 e. The molecule has 0 atom stereocenters. The van der Waals surface area contributed by atoms with Crippen LogP contribution in [-0.2, 0) is 12.8 Å². The van der Waals surface area contributed by atoms with E-state index in [-0.39, 0.29) is 11.1 Å². The van der Waals surface area contributed by atoms with Crippen molar-refractivity contribution < 1.29 is 0 Å². The summed E-state index contributed by atoms with van der Waals surface area (Å²) in [5, 5.41) is 8.00. The van der Waals surface area contributed by atoms with Gasteiger partial charge < -0.3 is 16.0 Å². The number of rotatable bonds is 2. The molecule has 1 rings (SSSR count). The smallest absolute Gasteiger partial charge is 0.193 e. The average molecular weight is 247 g/mol. The second-order valence-corrected chi connectivity index (χ2v) is 4.04. The number of hydrogen-bond acceptors (Lipinski definition) is 3. The van der Waals surface area contributed by atoms with E-state index in [1.54, 1.807) is 17.8 Å². The molecule has 0 saturated heterocycles. The monoisotopic (exact) mass is 246 g/mol. The van der Waals surface area contributed by atoms with E-state index in [0.29, 0.717) is 10.9 Å². The third-order valence-electron chi connectivity index (χ3n) is 1.60. The lowest BCUT2D eigenvalue weighted by atomic mass is 10.7. The number of guanidine groups is 1. The first kappa shape index (κ1) is 11.9. The van der Waals surface area contributed by atoms with Crippen LogP contribution < -0.4 is 11.5 Å². The van der Waals surface area contributed by atoms with Gasteiger partial charge in [0.15, 0.2) is 11.1 Å². The lowest BCUT2D eigenvalue weighted by molar-refractivity contribution is 0.851. The molecule has 15 heavy (non-hydrogen) atoms. The van der Waals surface area contributed by atoms with Crippen molar-refractivity contribution in [3.63, 3.8) is 0 Å². The van der Waals surface area contributed by atoms with Crippen LogP contribution in [0, 0.1) is 5.41 Å². The molecule has 6 nitrogen and oxygen atoms in total. The van der Waals surface area contributed by atoms with Crippen LogP contribution in [0.25, 0.3) is 0 Å². The molecule has 0 amide bonds. The SMILES string of the molecule is Cn1c(Cl)cnc1CSC(=N)N=C(N)N. The van der Waals surface area contributed by atoms with E-state index in [1.165, 1.54) is 11.8 Å². The van der Waals surface area contributed by atoms with Gasteiger partial charge in [-0.2, -0.15) is 4.99 Å². The summed E-state index contributed by atoms with van der Waals surface area (Å²) >= 11 is 6.98. The third kappa shape index (κ3) is 3.45. The molecule has 0 aromatic carbocycles. The van der Waals surface area contributed by atoms with Gasteiger partial charge >= 0.3 is 0 Å². The Labute approximate surface area is 96.2 Å². The molecule has 0 radical (unpaired) electrons. The maximum absolute atomic E-state index is 7.39. The standard InChI is InChI=1S/C7H11ClN6S/c1-14-4(8)2-12-5(14)3-15-7(11)13-6(9)10/h2H,3H2,1H3,(H5,9,10,11,13). The summed E-state index contributed by atoms with van der Waals surface area (Å²) in [6, 6.07) is 0. The second-order valence-electron chi connectivity index (χ2n) is 2.69. The number of aliphatic imine (C=N–C) groups is 1. The van der Waals surface area contributed by atoms with E-state index in [2.05, 4.69) is 9.98 Å². The quantitative estimate of drug-likeness (QED) is 0.522. The highest BCUT2D eigenvalue weighted by molar-refractivity contribution is 8.13. The van der Waals surface area contributed by atoms with Gasteiger partial charge in [0.2, 0.25) is 0 Å². The molecule has 0 aliphatic rings. The Kier molecular flexibility index (Phi) is 3.98. The Morgan fingerprint density at radius 3 is 2.87 bits per heavy atom. The van der Waals surface area contributed by atoms with Crippen LogP contribution in [0.5, 0.6) is 0 Å². The minimum absolute atomic E-state index is 0.0501. The van der Waals surface area contributed by atoms with Gasteiger partial charge in [-0.15, -0.1) is 0 Å². The summed E-state index contributed by atoms with van der Waals surface area (Å²) in [4.78, 5) is 7.65. The van der Waals surface area contributed by atoms with Gasteiger partial charge in [-0.3, -0.25) is 5.41 Å². The molecular formula is C7H11ClN6S. The molecule has 1 aromatic rings. The van der Waals surface area contributed by atoms with Crippen LogP contribution in [0.1, 0.15) is 5.82 Å². The van der Waals surface area contributed by atoms with E-state index in [1.807, 2.05) is 0 Å². The first-order valence-electron chi connectivity index (χ1n) is 3.97. The van der Waals surface area contributed by atoms with E-state index >= 15 is 0 Å². The number of nitrogens with zero attached hydrogens (tertiary/aromatic N) is 3.